The summed E-state index contributed by atoms with van der Waals surface area (Å²) < 4.78 is 10.5. The van der Waals surface area contributed by atoms with Crippen LogP contribution in [0.1, 0.15) is 19.8 Å². The molecule has 0 saturated heterocycles. The van der Waals surface area contributed by atoms with Crippen molar-refractivity contribution < 1.29 is 19.4 Å². The molecule has 0 bridgehead atoms. The van der Waals surface area contributed by atoms with Crippen molar-refractivity contribution in [2.75, 3.05) is 20.8 Å². The first kappa shape index (κ1) is 13.9. The van der Waals surface area contributed by atoms with Crippen LogP contribution in [0.2, 0.25) is 0 Å². The van der Waals surface area contributed by atoms with Gasteiger partial charge in [-0.15, -0.1) is 0 Å². The third kappa shape index (κ3) is 3.89. The summed E-state index contributed by atoms with van der Waals surface area (Å²) in [6.07, 6.45) is 1.63. The Morgan fingerprint density at radius 3 is 2.33 bits per heavy atom. The highest BCUT2D eigenvalue weighted by atomic mass is 16.7. The van der Waals surface area contributed by atoms with Crippen LogP contribution in [-0.4, -0.2) is 42.7 Å². The van der Waals surface area contributed by atoms with Crippen LogP contribution in [0.25, 0.3) is 0 Å². The molecule has 0 atom stereocenters. The van der Waals surface area contributed by atoms with Crippen LogP contribution in [-0.2, 0) is 9.47 Å². The molecule has 0 spiro atoms. The largest absolute Gasteiger partial charge is 0.465 e. The summed E-state index contributed by atoms with van der Waals surface area (Å²) in [6, 6.07) is 0. The molecule has 0 aliphatic heterocycles. The minimum Gasteiger partial charge on any atom is -0.465 e. The van der Waals surface area contributed by atoms with Gasteiger partial charge in [0.2, 0.25) is 0 Å². The zero-order valence-corrected chi connectivity index (χ0v) is 9.52. The maximum atomic E-state index is 10.8. The first-order chi connectivity index (χ1) is 7.05. The van der Waals surface area contributed by atoms with Crippen LogP contribution in [0.15, 0.2) is 12.8 Å². The van der Waals surface area contributed by atoms with Crippen molar-refractivity contribution in [3.05, 3.63) is 12.8 Å². The van der Waals surface area contributed by atoms with Crippen LogP contribution in [0.5, 0.6) is 0 Å². The number of ether oxygens (including phenoxy) is 2. The fourth-order valence-corrected chi connectivity index (χ4v) is 1.35. The van der Waals surface area contributed by atoms with Crippen LogP contribution in [0.4, 0.5) is 4.79 Å². The molecule has 1 amide bonds. The van der Waals surface area contributed by atoms with Gasteiger partial charge in [-0.3, -0.25) is 4.90 Å². The van der Waals surface area contributed by atoms with Crippen molar-refractivity contribution in [2.45, 2.75) is 25.6 Å². The highest BCUT2D eigenvalue weighted by molar-refractivity contribution is 5.66. The smallest absolute Gasteiger partial charge is 0.411 e. The van der Waals surface area contributed by atoms with E-state index in [9.17, 15) is 4.79 Å². The average molecular weight is 217 g/mol. The van der Waals surface area contributed by atoms with Crippen molar-refractivity contribution in [1.29, 1.82) is 0 Å². The second-order valence-corrected chi connectivity index (χ2v) is 3.16. The zero-order valence-electron chi connectivity index (χ0n) is 9.52. The molecule has 5 heteroatoms. The van der Waals surface area contributed by atoms with Crippen molar-refractivity contribution in [2.24, 2.45) is 0 Å². The van der Waals surface area contributed by atoms with E-state index in [1.54, 1.807) is 0 Å². The van der Waals surface area contributed by atoms with Crippen LogP contribution in [0, 0.1) is 0 Å². The number of carboxylic acid groups (broad SMARTS) is 1. The standard InChI is InChI=1S/C10H19NO4/c1-5-7-10(14-3,15-4)8-11(6-2)9(12)13/h6H,2,5,7-8H2,1,3-4H3,(H,12,13). The molecule has 0 aromatic rings. The summed E-state index contributed by atoms with van der Waals surface area (Å²) in [5.41, 5.74) is 0. The van der Waals surface area contributed by atoms with Gasteiger partial charge in [-0.1, -0.05) is 19.9 Å². The quantitative estimate of drug-likeness (QED) is 0.662. The van der Waals surface area contributed by atoms with E-state index in [1.165, 1.54) is 20.4 Å². The Kier molecular flexibility index (Phi) is 5.96. The van der Waals surface area contributed by atoms with Crippen molar-refractivity contribution in [3.63, 3.8) is 0 Å². The number of hydrogen-bond acceptors (Lipinski definition) is 3. The molecule has 0 aliphatic rings. The monoisotopic (exact) mass is 217 g/mol. The second kappa shape index (κ2) is 6.42. The lowest BCUT2D eigenvalue weighted by Gasteiger charge is -2.33. The van der Waals surface area contributed by atoms with Gasteiger partial charge in [0.05, 0.1) is 6.54 Å². The molecule has 0 radical (unpaired) electrons. The fraction of sp³-hybridized carbons (Fsp3) is 0.700. The number of methoxy groups -OCH3 is 2. The molecular formula is C10H19NO4. The summed E-state index contributed by atoms with van der Waals surface area (Å²) >= 11 is 0. The van der Waals surface area contributed by atoms with E-state index in [-0.39, 0.29) is 6.54 Å². The van der Waals surface area contributed by atoms with Gasteiger partial charge in [0.1, 0.15) is 0 Å². The van der Waals surface area contributed by atoms with E-state index < -0.39 is 11.9 Å². The Morgan fingerprint density at radius 1 is 1.53 bits per heavy atom. The Hall–Kier alpha value is -1.07. The second-order valence-electron chi connectivity index (χ2n) is 3.16. The topological polar surface area (TPSA) is 59.0 Å². The van der Waals surface area contributed by atoms with Gasteiger partial charge in [0, 0.05) is 26.8 Å². The number of hydrogen-bond donors (Lipinski definition) is 1. The molecule has 0 heterocycles. The van der Waals surface area contributed by atoms with Crippen molar-refractivity contribution in [3.8, 4) is 0 Å². The molecule has 0 fully saturated rings. The van der Waals surface area contributed by atoms with Crippen molar-refractivity contribution in [1.82, 2.24) is 4.90 Å². The highest BCUT2D eigenvalue weighted by Gasteiger charge is 2.32. The highest BCUT2D eigenvalue weighted by Crippen LogP contribution is 2.20. The summed E-state index contributed by atoms with van der Waals surface area (Å²) in [6.45, 7) is 5.52. The maximum Gasteiger partial charge on any atom is 0.411 e. The van der Waals surface area contributed by atoms with E-state index in [1.807, 2.05) is 6.92 Å². The summed E-state index contributed by atoms with van der Waals surface area (Å²) in [7, 11) is 3.00. The fourth-order valence-electron chi connectivity index (χ4n) is 1.35. The number of amides is 1. The van der Waals surface area contributed by atoms with Gasteiger partial charge in [-0.05, 0) is 0 Å². The van der Waals surface area contributed by atoms with E-state index in [2.05, 4.69) is 6.58 Å². The Bertz CT molecular complexity index is 213. The molecule has 0 aliphatic carbocycles. The van der Waals surface area contributed by atoms with Crippen LogP contribution < -0.4 is 0 Å². The van der Waals surface area contributed by atoms with E-state index in [4.69, 9.17) is 14.6 Å². The lowest BCUT2D eigenvalue weighted by molar-refractivity contribution is -0.215. The molecule has 0 aromatic heterocycles. The van der Waals surface area contributed by atoms with E-state index in [0.717, 1.165) is 11.3 Å². The lowest BCUT2D eigenvalue weighted by Crippen LogP contribution is -2.45. The zero-order chi connectivity index (χ0) is 11.9. The Labute approximate surface area is 90.3 Å². The van der Waals surface area contributed by atoms with Gasteiger partial charge < -0.3 is 14.6 Å². The van der Waals surface area contributed by atoms with E-state index in [0.29, 0.717) is 6.42 Å². The normalized spacial score (nSPS) is 11.1. The van der Waals surface area contributed by atoms with E-state index >= 15 is 0 Å². The number of carbonyl (C=O) groups is 1. The predicted octanol–water partition coefficient (Wildman–Crippen LogP) is 1.90. The minimum absolute atomic E-state index is 0.118. The first-order valence-electron chi connectivity index (χ1n) is 4.77. The molecule has 0 saturated carbocycles. The molecule has 0 unspecified atom stereocenters. The van der Waals surface area contributed by atoms with Gasteiger partial charge in [-0.25, -0.2) is 4.79 Å². The molecule has 0 rings (SSSR count). The third-order valence-electron chi connectivity index (χ3n) is 2.25. The van der Waals surface area contributed by atoms with Crippen LogP contribution >= 0.6 is 0 Å². The van der Waals surface area contributed by atoms with Gasteiger partial charge in [-0.2, -0.15) is 0 Å². The van der Waals surface area contributed by atoms with Crippen molar-refractivity contribution >= 4 is 6.09 Å². The molecular weight excluding hydrogens is 198 g/mol. The Morgan fingerprint density at radius 2 is 2.07 bits per heavy atom. The molecule has 15 heavy (non-hydrogen) atoms. The maximum absolute atomic E-state index is 10.8. The molecule has 88 valence electrons. The Balaban J connectivity index is 4.63. The molecule has 1 N–H and O–H groups in total. The third-order valence-corrected chi connectivity index (χ3v) is 2.25. The lowest BCUT2D eigenvalue weighted by atomic mass is 10.1. The van der Waals surface area contributed by atoms with Gasteiger partial charge >= 0.3 is 6.09 Å². The van der Waals surface area contributed by atoms with Gasteiger partial charge in [0.25, 0.3) is 0 Å². The first-order valence-corrected chi connectivity index (χ1v) is 4.77. The van der Waals surface area contributed by atoms with Crippen LogP contribution in [0.3, 0.4) is 0 Å². The number of nitrogens with zero attached hydrogens (tertiary/aromatic N) is 1. The molecule has 0 aromatic carbocycles. The average Bonchev–Trinajstić information content (AvgIpc) is 2.24. The number of rotatable bonds is 7. The summed E-state index contributed by atoms with van der Waals surface area (Å²) in [5.74, 6) is -0.888. The van der Waals surface area contributed by atoms with Gasteiger partial charge in [0.15, 0.2) is 5.79 Å². The minimum atomic E-state index is -1.07. The summed E-state index contributed by atoms with van der Waals surface area (Å²) in [5, 5.41) is 8.84. The molecule has 5 nitrogen and oxygen atoms in total. The summed E-state index contributed by atoms with van der Waals surface area (Å²) in [4.78, 5) is 11.8. The predicted molar refractivity (Wildman–Crippen MR) is 56.6 cm³/mol. The SMILES string of the molecule is C=CN(CC(CCC)(OC)OC)C(=O)O.